The number of benzene rings is 1. The van der Waals surface area contributed by atoms with Crippen LogP contribution in [0.1, 0.15) is 23.8 Å². The standard InChI is InChI=1S/C18H17F3N2O3/c19-18(20,21)16(12-5-2-1-3-6-12)22-17(25)13-9-15(24)23(10-13)11-14-7-4-8-26-14/h1-8,13,16H,9-11H2,(H,22,25)/t13-,16-/m0/s1. The summed E-state index contributed by atoms with van der Waals surface area (Å²) in [6.07, 6.45) is -3.28. The number of halogens is 3. The Morgan fingerprint density at radius 1 is 1.23 bits per heavy atom. The second-order valence-corrected chi connectivity index (χ2v) is 6.15. The van der Waals surface area contributed by atoms with Gasteiger partial charge in [-0.05, 0) is 17.7 Å². The zero-order valence-corrected chi connectivity index (χ0v) is 13.7. The zero-order chi connectivity index (χ0) is 18.7. The van der Waals surface area contributed by atoms with Crippen LogP contribution < -0.4 is 5.32 Å². The van der Waals surface area contributed by atoms with Gasteiger partial charge in [-0.1, -0.05) is 30.3 Å². The smallest absolute Gasteiger partial charge is 0.412 e. The topological polar surface area (TPSA) is 62.6 Å². The number of carbonyl (C=O) groups excluding carboxylic acids is 2. The van der Waals surface area contributed by atoms with Gasteiger partial charge in [-0.15, -0.1) is 0 Å². The number of hydrogen-bond donors (Lipinski definition) is 1. The van der Waals surface area contributed by atoms with Gasteiger partial charge in [-0.2, -0.15) is 13.2 Å². The molecule has 3 rings (SSSR count). The first kappa shape index (κ1) is 18.0. The Kier molecular flexibility index (Phi) is 5.01. The maximum atomic E-state index is 13.4. The molecule has 0 radical (unpaired) electrons. The van der Waals surface area contributed by atoms with E-state index >= 15 is 0 Å². The molecular formula is C18H17F3N2O3. The van der Waals surface area contributed by atoms with Gasteiger partial charge in [0.05, 0.1) is 18.7 Å². The van der Waals surface area contributed by atoms with Crippen LogP contribution in [0.25, 0.3) is 0 Å². The van der Waals surface area contributed by atoms with Gasteiger partial charge in [0, 0.05) is 13.0 Å². The number of amides is 2. The minimum Gasteiger partial charge on any atom is -0.467 e. The molecule has 5 nitrogen and oxygen atoms in total. The van der Waals surface area contributed by atoms with Gasteiger partial charge in [-0.25, -0.2) is 0 Å². The highest BCUT2D eigenvalue weighted by Gasteiger charge is 2.44. The Balaban J connectivity index is 1.67. The third-order valence-electron chi connectivity index (χ3n) is 4.26. The lowest BCUT2D eigenvalue weighted by atomic mass is 10.0. The van der Waals surface area contributed by atoms with Gasteiger partial charge in [0.25, 0.3) is 0 Å². The Labute approximate surface area is 147 Å². The van der Waals surface area contributed by atoms with Crippen molar-refractivity contribution in [3.05, 3.63) is 60.1 Å². The van der Waals surface area contributed by atoms with Crippen LogP contribution in [0.4, 0.5) is 13.2 Å². The molecule has 1 aromatic carbocycles. The molecule has 8 heteroatoms. The molecule has 1 saturated heterocycles. The summed E-state index contributed by atoms with van der Waals surface area (Å²) in [6, 6.07) is 8.42. The Morgan fingerprint density at radius 3 is 2.58 bits per heavy atom. The summed E-state index contributed by atoms with van der Waals surface area (Å²) < 4.78 is 45.2. The average Bonchev–Trinajstić information content (AvgIpc) is 3.23. The molecule has 26 heavy (non-hydrogen) atoms. The summed E-state index contributed by atoms with van der Waals surface area (Å²) in [5.74, 6) is -1.35. The van der Waals surface area contributed by atoms with E-state index in [9.17, 15) is 22.8 Å². The molecule has 0 unspecified atom stereocenters. The largest absolute Gasteiger partial charge is 0.467 e. The number of rotatable bonds is 5. The van der Waals surface area contributed by atoms with Crippen molar-refractivity contribution < 1.29 is 27.2 Å². The number of hydrogen-bond acceptors (Lipinski definition) is 3. The fourth-order valence-electron chi connectivity index (χ4n) is 2.95. The van der Waals surface area contributed by atoms with Crippen molar-refractivity contribution in [1.29, 1.82) is 0 Å². The Hall–Kier alpha value is -2.77. The van der Waals surface area contributed by atoms with E-state index < -0.39 is 24.0 Å². The molecule has 0 spiro atoms. The van der Waals surface area contributed by atoms with Crippen molar-refractivity contribution >= 4 is 11.8 Å². The van der Waals surface area contributed by atoms with Gasteiger partial charge in [0.15, 0.2) is 6.04 Å². The predicted molar refractivity (Wildman–Crippen MR) is 85.6 cm³/mol. The van der Waals surface area contributed by atoms with Crippen LogP contribution in [0.2, 0.25) is 0 Å². The van der Waals surface area contributed by atoms with E-state index in [-0.39, 0.29) is 31.0 Å². The lowest BCUT2D eigenvalue weighted by molar-refractivity contribution is -0.164. The normalized spacial score (nSPS) is 18.8. The lowest BCUT2D eigenvalue weighted by Crippen LogP contribution is -2.41. The van der Waals surface area contributed by atoms with Crippen LogP contribution in [0.5, 0.6) is 0 Å². The number of alkyl halides is 3. The van der Waals surface area contributed by atoms with E-state index in [1.165, 1.54) is 35.4 Å². The van der Waals surface area contributed by atoms with Crippen molar-refractivity contribution in [1.82, 2.24) is 10.2 Å². The number of furan rings is 1. The number of nitrogens with one attached hydrogen (secondary N) is 1. The summed E-state index contributed by atoms with van der Waals surface area (Å²) in [6.45, 7) is 0.252. The molecule has 0 bridgehead atoms. The van der Waals surface area contributed by atoms with E-state index in [4.69, 9.17) is 4.42 Å². The molecule has 2 amide bonds. The second kappa shape index (κ2) is 7.23. The van der Waals surface area contributed by atoms with E-state index in [0.29, 0.717) is 5.76 Å². The lowest BCUT2D eigenvalue weighted by Gasteiger charge is -2.23. The minimum atomic E-state index is -4.63. The zero-order valence-electron chi connectivity index (χ0n) is 13.7. The molecule has 1 N–H and O–H groups in total. The van der Waals surface area contributed by atoms with Gasteiger partial charge in [0.1, 0.15) is 5.76 Å². The van der Waals surface area contributed by atoms with Gasteiger partial charge >= 0.3 is 6.18 Å². The third kappa shape index (κ3) is 4.07. The van der Waals surface area contributed by atoms with E-state index in [1.807, 2.05) is 5.32 Å². The fraction of sp³-hybridized carbons (Fsp3) is 0.333. The Bertz CT molecular complexity index is 760. The molecule has 2 aromatic rings. The summed E-state index contributed by atoms with van der Waals surface area (Å²) in [5, 5.41) is 2.05. The van der Waals surface area contributed by atoms with Crippen LogP contribution in [0.15, 0.2) is 53.1 Å². The summed E-state index contributed by atoms with van der Waals surface area (Å²) in [7, 11) is 0. The van der Waals surface area contributed by atoms with E-state index in [1.54, 1.807) is 18.2 Å². The van der Waals surface area contributed by atoms with Crippen molar-refractivity contribution in [2.24, 2.45) is 5.92 Å². The maximum absolute atomic E-state index is 13.4. The van der Waals surface area contributed by atoms with E-state index in [0.717, 1.165) is 0 Å². The fourth-order valence-corrected chi connectivity index (χ4v) is 2.95. The molecule has 138 valence electrons. The molecular weight excluding hydrogens is 349 g/mol. The molecule has 1 aliphatic heterocycles. The van der Waals surface area contributed by atoms with E-state index in [2.05, 4.69) is 0 Å². The molecule has 0 aliphatic carbocycles. The minimum absolute atomic E-state index is 0.0508. The highest BCUT2D eigenvalue weighted by atomic mass is 19.4. The summed E-state index contributed by atoms with van der Waals surface area (Å²) in [5.41, 5.74) is -0.0508. The highest BCUT2D eigenvalue weighted by molar-refractivity contribution is 5.89. The summed E-state index contributed by atoms with van der Waals surface area (Å²) >= 11 is 0. The maximum Gasteiger partial charge on any atom is 0.412 e. The molecule has 2 atom stereocenters. The SMILES string of the molecule is O=C(N[C@@H](c1ccccc1)C(F)(F)F)[C@H]1CC(=O)N(Cc2ccco2)C1. The number of likely N-dealkylation sites (tertiary alicyclic amines) is 1. The van der Waals surface area contributed by atoms with Crippen LogP contribution >= 0.6 is 0 Å². The number of nitrogens with zero attached hydrogens (tertiary/aromatic N) is 1. The molecule has 0 saturated carbocycles. The quantitative estimate of drug-likeness (QED) is 0.885. The third-order valence-corrected chi connectivity index (χ3v) is 4.26. The van der Waals surface area contributed by atoms with Crippen molar-refractivity contribution in [2.75, 3.05) is 6.54 Å². The number of carbonyl (C=O) groups is 2. The molecule has 1 aliphatic rings. The van der Waals surface area contributed by atoms with Gasteiger partial charge in [0.2, 0.25) is 11.8 Å². The second-order valence-electron chi connectivity index (χ2n) is 6.15. The van der Waals surface area contributed by atoms with Crippen molar-refractivity contribution in [2.45, 2.75) is 25.2 Å². The molecule has 1 aromatic heterocycles. The first-order valence-corrected chi connectivity index (χ1v) is 8.07. The van der Waals surface area contributed by atoms with Crippen molar-refractivity contribution in [3.63, 3.8) is 0 Å². The van der Waals surface area contributed by atoms with Crippen LogP contribution in [-0.4, -0.2) is 29.4 Å². The van der Waals surface area contributed by atoms with Crippen molar-refractivity contribution in [3.8, 4) is 0 Å². The van der Waals surface area contributed by atoms with Gasteiger partial charge < -0.3 is 14.6 Å². The highest BCUT2D eigenvalue weighted by Crippen LogP contribution is 2.33. The Morgan fingerprint density at radius 2 is 1.96 bits per heavy atom. The van der Waals surface area contributed by atoms with Gasteiger partial charge in [-0.3, -0.25) is 9.59 Å². The molecule has 2 heterocycles. The van der Waals surface area contributed by atoms with Crippen LogP contribution in [0, 0.1) is 5.92 Å². The summed E-state index contributed by atoms with van der Waals surface area (Å²) in [4.78, 5) is 25.8. The first-order valence-electron chi connectivity index (χ1n) is 8.07. The monoisotopic (exact) mass is 366 g/mol. The van der Waals surface area contributed by atoms with Crippen LogP contribution in [-0.2, 0) is 16.1 Å². The molecule has 1 fully saturated rings. The average molecular weight is 366 g/mol. The van der Waals surface area contributed by atoms with Crippen LogP contribution in [0.3, 0.4) is 0 Å². The first-order chi connectivity index (χ1) is 12.3. The predicted octanol–water partition coefficient (Wildman–Crippen LogP) is 3.05.